The van der Waals surface area contributed by atoms with Crippen LogP contribution in [0.15, 0.2) is 0 Å². The van der Waals surface area contributed by atoms with Gasteiger partial charge >= 0.3 is 0 Å². The Bertz CT molecular complexity index is 70.4. The summed E-state index contributed by atoms with van der Waals surface area (Å²) in [5, 5.41) is 17.5. The van der Waals surface area contributed by atoms with E-state index in [1.165, 1.54) is 0 Å². The minimum atomic E-state index is -1.54. The molecule has 4 heteroatoms. The molecule has 0 fully saturated rings. The summed E-state index contributed by atoms with van der Waals surface area (Å²) in [4.78, 5) is 9.46. The zero-order valence-corrected chi connectivity index (χ0v) is 4.29. The smallest absolute Gasteiger partial charge is 0.251 e. The Morgan fingerprint density at radius 2 is 2.38 bits per heavy atom. The first-order valence-electron chi connectivity index (χ1n) is 2.22. The van der Waals surface area contributed by atoms with Gasteiger partial charge in [-0.15, -0.1) is 0 Å². The van der Waals surface area contributed by atoms with Crippen LogP contribution in [0.4, 0.5) is 4.79 Å². The van der Waals surface area contributed by atoms with Crippen molar-refractivity contribution in [2.75, 3.05) is 13.2 Å². The zero-order valence-electron chi connectivity index (χ0n) is 4.29. The van der Waals surface area contributed by atoms with Gasteiger partial charge in [0, 0.05) is 13.2 Å². The number of hydrogen-bond donors (Lipinski definition) is 1. The molecule has 0 rings (SSSR count). The number of carboxylic acid groups (broad SMARTS) is 1. The highest BCUT2D eigenvalue weighted by Gasteiger charge is 1.81. The Kier molecular flexibility index (Phi) is 3.97. The number of rotatable bonds is 3. The number of ether oxygens (including phenoxy) is 1. The molecular weight excluding hydrogens is 112 g/mol. The number of aliphatic hydroxyl groups excluding tert-OH is 1. The Morgan fingerprint density at radius 3 is 2.75 bits per heavy atom. The van der Waals surface area contributed by atoms with Crippen molar-refractivity contribution < 1.29 is 19.7 Å². The molecule has 0 atom stereocenters. The monoisotopic (exact) mass is 119 g/mol. The third-order valence-corrected chi connectivity index (χ3v) is 0.522. The largest absolute Gasteiger partial charge is 0.550 e. The van der Waals surface area contributed by atoms with Crippen molar-refractivity contribution >= 4 is 6.16 Å². The molecule has 0 aromatic carbocycles. The average molecular weight is 119 g/mol. The molecular formula is C4H7O4-. The van der Waals surface area contributed by atoms with E-state index in [0.717, 1.165) is 0 Å². The summed E-state index contributed by atoms with van der Waals surface area (Å²) in [6.07, 6.45) is -1.22. The van der Waals surface area contributed by atoms with Crippen molar-refractivity contribution in [3.8, 4) is 0 Å². The molecule has 0 aromatic heterocycles. The third-order valence-electron chi connectivity index (χ3n) is 0.522. The Morgan fingerprint density at radius 1 is 1.75 bits per heavy atom. The normalized spacial score (nSPS) is 8.62. The van der Waals surface area contributed by atoms with Crippen LogP contribution in [-0.4, -0.2) is 24.5 Å². The predicted molar refractivity (Wildman–Crippen MR) is 23.1 cm³/mol. The number of carbonyl (C=O) groups is 1. The van der Waals surface area contributed by atoms with Gasteiger partial charge in [0.1, 0.15) is 0 Å². The molecule has 0 spiro atoms. The fourth-order valence-electron chi connectivity index (χ4n) is 0.220. The van der Waals surface area contributed by atoms with Crippen molar-refractivity contribution in [1.29, 1.82) is 0 Å². The molecule has 0 aliphatic heterocycles. The highest BCUT2D eigenvalue weighted by Crippen LogP contribution is 1.77. The summed E-state index contributed by atoms with van der Waals surface area (Å²) in [5.74, 6) is 0. The molecule has 0 aromatic rings. The zero-order chi connectivity index (χ0) is 6.41. The van der Waals surface area contributed by atoms with Crippen molar-refractivity contribution in [3.05, 3.63) is 0 Å². The standard InChI is InChI=1S/C4H8O4/c5-2-1-3-8-4(6)7/h5H,1-3H2,(H,6,7)/p-1. The highest BCUT2D eigenvalue weighted by atomic mass is 16.7. The summed E-state index contributed by atoms with van der Waals surface area (Å²) in [7, 11) is 0. The fourth-order valence-corrected chi connectivity index (χ4v) is 0.220. The minimum absolute atomic E-state index is 0.0127. The number of aliphatic hydroxyl groups is 1. The minimum Gasteiger partial charge on any atom is -0.550 e. The first kappa shape index (κ1) is 7.23. The van der Waals surface area contributed by atoms with Gasteiger partial charge in [-0.1, -0.05) is 0 Å². The molecule has 0 radical (unpaired) electrons. The van der Waals surface area contributed by atoms with E-state index >= 15 is 0 Å². The Hall–Kier alpha value is -0.770. The van der Waals surface area contributed by atoms with Crippen LogP contribution in [0.3, 0.4) is 0 Å². The van der Waals surface area contributed by atoms with Gasteiger partial charge in [-0.25, -0.2) is 0 Å². The second kappa shape index (κ2) is 4.39. The summed E-state index contributed by atoms with van der Waals surface area (Å²) in [6, 6.07) is 0. The summed E-state index contributed by atoms with van der Waals surface area (Å²) in [6.45, 7) is -0.0495. The lowest BCUT2D eigenvalue weighted by molar-refractivity contribution is -0.282. The maximum Gasteiger partial charge on any atom is 0.251 e. The van der Waals surface area contributed by atoms with E-state index in [9.17, 15) is 9.90 Å². The van der Waals surface area contributed by atoms with Crippen LogP contribution < -0.4 is 5.11 Å². The maximum atomic E-state index is 9.46. The van der Waals surface area contributed by atoms with E-state index in [1.807, 2.05) is 0 Å². The van der Waals surface area contributed by atoms with Gasteiger partial charge in [0.25, 0.3) is 6.16 Å². The first-order valence-corrected chi connectivity index (χ1v) is 2.22. The van der Waals surface area contributed by atoms with E-state index < -0.39 is 6.16 Å². The summed E-state index contributed by atoms with van der Waals surface area (Å²) >= 11 is 0. The topological polar surface area (TPSA) is 69.6 Å². The van der Waals surface area contributed by atoms with Crippen molar-refractivity contribution in [1.82, 2.24) is 0 Å². The molecule has 0 saturated carbocycles. The van der Waals surface area contributed by atoms with Crippen LogP contribution in [0.5, 0.6) is 0 Å². The molecule has 1 N–H and O–H groups in total. The van der Waals surface area contributed by atoms with Gasteiger partial charge in [0.05, 0.1) is 0 Å². The molecule has 0 unspecified atom stereocenters. The molecule has 0 aliphatic carbocycles. The lowest BCUT2D eigenvalue weighted by Gasteiger charge is -2.04. The molecule has 0 aliphatic rings. The Balaban J connectivity index is 2.82. The van der Waals surface area contributed by atoms with Crippen LogP contribution >= 0.6 is 0 Å². The molecule has 4 nitrogen and oxygen atoms in total. The van der Waals surface area contributed by atoms with Gasteiger partial charge < -0.3 is 19.7 Å². The maximum absolute atomic E-state index is 9.46. The van der Waals surface area contributed by atoms with E-state index in [0.29, 0.717) is 6.42 Å². The Labute approximate surface area is 46.7 Å². The molecule has 8 heavy (non-hydrogen) atoms. The van der Waals surface area contributed by atoms with E-state index in [-0.39, 0.29) is 13.2 Å². The summed E-state index contributed by atoms with van der Waals surface area (Å²) < 4.78 is 3.93. The van der Waals surface area contributed by atoms with Crippen LogP contribution in [0.2, 0.25) is 0 Å². The van der Waals surface area contributed by atoms with Crippen LogP contribution in [-0.2, 0) is 4.74 Å². The second-order valence-corrected chi connectivity index (χ2v) is 1.18. The molecule has 0 bridgehead atoms. The number of hydrogen-bond acceptors (Lipinski definition) is 4. The number of carbonyl (C=O) groups excluding carboxylic acids is 1. The first-order chi connectivity index (χ1) is 3.77. The second-order valence-electron chi connectivity index (χ2n) is 1.18. The van der Waals surface area contributed by atoms with Gasteiger partial charge in [-0.05, 0) is 6.42 Å². The quantitative estimate of drug-likeness (QED) is 0.371. The van der Waals surface area contributed by atoms with Crippen molar-refractivity contribution in [2.45, 2.75) is 6.42 Å². The SMILES string of the molecule is O=C([O-])OCCCO. The molecule has 48 valence electrons. The van der Waals surface area contributed by atoms with Crippen LogP contribution in [0.1, 0.15) is 6.42 Å². The molecule has 0 amide bonds. The van der Waals surface area contributed by atoms with E-state index in [2.05, 4.69) is 4.74 Å². The van der Waals surface area contributed by atoms with Gasteiger partial charge in [-0.3, -0.25) is 0 Å². The fraction of sp³-hybridized carbons (Fsp3) is 0.750. The van der Waals surface area contributed by atoms with Crippen molar-refractivity contribution in [3.63, 3.8) is 0 Å². The molecule has 0 saturated heterocycles. The lowest BCUT2D eigenvalue weighted by Crippen LogP contribution is -2.24. The van der Waals surface area contributed by atoms with Crippen LogP contribution in [0, 0.1) is 0 Å². The lowest BCUT2D eigenvalue weighted by atomic mass is 10.5. The van der Waals surface area contributed by atoms with Crippen molar-refractivity contribution in [2.24, 2.45) is 0 Å². The average Bonchev–Trinajstić information content (AvgIpc) is 1.66. The van der Waals surface area contributed by atoms with Gasteiger partial charge in [0.2, 0.25) is 0 Å². The summed E-state index contributed by atoms with van der Waals surface area (Å²) in [5.41, 5.74) is 0. The van der Waals surface area contributed by atoms with Crippen LogP contribution in [0.25, 0.3) is 0 Å². The van der Waals surface area contributed by atoms with E-state index in [1.54, 1.807) is 0 Å². The molecule has 0 heterocycles. The van der Waals surface area contributed by atoms with Gasteiger partial charge in [-0.2, -0.15) is 0 Å². The van der Waals surface area contributed by atoms with Gasteiger partial charge in [0.15, 0.2) is 0 Å². The predicted octanol–water partition coefficient (Wildman–Crippen LogP) is -1.27. The third kappa shape index (κ3) is 5.23. The van der Waals surface area contributed by atoms with E-state index in [4.69, 9.17) is 5.11 Å². The highest BCUT2D eigenvalue weighted by molar-refractivity contribution is 5.53.